The fourth-order valence-electron chi connectivity index (χ4n) is 3.81. The van der Waals surface area contributed by atoms with Crippen LogP contribution in [0.1, 0.15) is 56.9 Å². The lowest BCUT2D eigenvalue weighted by molar-refractivity contribution is -0.122. The number of aliphatic hydroxyl groups excluding tert-OH is 1. The Labute approximate surface area is 163 Å². The quantitative estimate of drug-likeness (QED) is 0.743. The standard InChI is InChI=1S/C22H23ClO4/c1-5-14-19(25)18-16(24)11-17(13-9-8-12(4)15(23)10-13)27-21(18)22(6-2,7-3)20(14)26/h8-11,25H,5-7H2,1-4H3. The van der Waals surface area contributed by atoms with Crippen LogP contribution in [-0.4, -0.2) is 10.9 Å². The number of ketones is 1. The summed E-state index contributed by atoms with van der Waals surface area (Å²) in [5.74, 6) is 0.179. The Morgan fingerprint density at radius 1 is 1.11 bits per heavy atom. The Balaban J connectivity index is 2.36. The molecule has 0 atom stereocenters. The number of allylic oxidation sites excluding steroid dienone is 1. The first-order valence-corrected chi connectivity index (χ1v) is 9.60. The van der Waals surface area contributed by atoms with Gasteiger partial charge < -0.3 is 9.52 Å². The molecule has 0 saturated carbocycles. The van der Waals surface area contributed by atoms with Crippen molar-refractivity contribution in [3.05, 3.63) is 62.0 Å². The normalized spacial score (nSPS) is 15.8. The number of aliphatic hydroxyl groups is 1. The summed E-state index contributed by atoms with van der Waals surface area (Å²) < 4.78 is 6.12. The van der Waals surface area contributed by atoms with Crippen molar-refractivity contribution in [1.82, 2.24) is 0 Å². The molecule has 0 bridgehead atoms. The Morgan fingerprint density at radius 2 is 1.78 bits per heavy atom. The first-order chi connectivity index (χ1) is 12.8. The van der Waals surface area contributed by atoms with Gasteiger partial charge in [-0.3, -0.25) is 9.59 Å². The summed E-state index contributed by atoms with van der Waals surface area (Å²) in [6.45, 7) is 7.49. The zero-order valence-electron chi connectivity index (χ0n) is 16.0. The molecule has 5 heteroatoms. The van der Waals surface area contributed by atoms with Crippen molar-refractivity contribution >= 4 is 23.1 Å². The summed E-state index contributed by atoms with van der Waals surface area (Å²) in [4.78, 5) is 26.1. The monoisotopic (exact) mass is 386 g/mol. The van der Waals surface area contributed by atoms with Gasteiger partial charge in [-0.1, -0.05) is 44.5 Å². The van der Waals surface area contributed by atoms with E-state index < -0.39 is 5.41 Å². The predicted octanol–water partition coefficient (Wildman–Crippen LogP) is 5.59. The maximum Gasteiger partial charge on any atom is 0.196 e. The van der Waals surface area contributed by atoms with Crippen molar-refractivity contribution in [1.29, 1.82) is 0 Å². The number of fused-ring (bicyclic) bond motifs is 1. The highest BCUT2D eigenvalue weighted by Gasteiger charge is 2.48. The van der Waals surface area contributed by atoms with Gasteiger partial charge in [-0.15, -0.1) is 0 Å². The number of aryl methyl sites for hydroxylation is 1. The molecule has 1 aromatic carbocycles. The zero-order chi connectivity index (χ0) is 19.9. The van der Waals surface area contributed by atoms with Gasteiger partial charge >= 0.3 is 0 Å². The fraction of sp³-hybridized carbons (Fsp3) is 0.364. The van der Waals surface area contributed by atoms with Gasteiger partial charge in [0, 0.05) is 22.2 Å². The third-order valence-electron chi connectivity index (χ3n) is 5.63. The van der Waals surface area contributed by atoms with Crippen LogP contribution in [0.25, 0.3) is 17.1 Å². The molecule has 1 aliphatic rings. The second-order valence-corrected chi connectivity index (χ2v) is 7.35. The van der Waals surface area contributed by atoms with E-state index in [0.29, 0.717) is 41.2 Å². The van der Waals surface area contributed by atoms with E-state index in [1.54, 1.807) is 13.0 Å². The number of Topliss-reactive ketones (excluding diaryl/α,β-unsaturated/α-hetero) is 1. The fourth-order valence-corrected chi connectivity index (χ4v) is 3.99. The Hall–Kier alpha value is -2.33. The molecule has 0 unspecified atom stereocenters. The summed E-state index contributed by atoms with van der Waals surface area (Å²) in [6.07, 6.45) is 1.32. The zero-order valence-corrected chi connectivity index (χ0v) is 16.7. The molecule has 142 valence electrons. The summed E-state index contributed by atoms with van der Waals surface area (Å²) >= 11 is 6.22. The molecule has 1 heterocycles. The van der Waals surface area contributed by atoms with Crippen molar-refractivity contribution in [2.24, 2.45) is 0 Å². The molecule has 3 rings (SSSR count). The van der Waals surface area contributed by atoms with Crippen LogP contribution in [0.15, 0.2) is 39.1 Å². The highest BCUT2D eigenvalue weighted by atomic mass is 35.5. The number of benzene rings is 1. The number of hydrogen-bond acceptors (Lipinski definition) is 4. The maximum absolute atomic E-state index is 13.2. The van der Waals surface area contributed by atoms with Crippen molar-refractivity contribution < 1.29 is 14.3 Å². The Morgan fingerprint density at radius 3 is 2.33 bits per heavy atom. The third-order valence-corrected chi connectivity index (χ3v) is 6.04. The molecule has 0 spiro atoms. The van der Waals surface area contributed by atoms with Gasteiger partial charge in [-0.2, -0.15) is 0 Å². The van der Waals surface area contributed by atoms with E-state index >= 15 is 0 Å². The summed E-state index contributed by atoms with van der Waals surface area (Å²) in [7, 11) is 0. The van der Waals surface area contributed by atoms with Crippen LogP contribution in [0, 0.1) is 6.92 Å². The molecule has 0 saturated heterocycles. The number of carbonyl (C=O) groups excluding carboxylic acids is 1. The van der Waals surface area contributed by atoms with Crippen LogP contribution in [0.4, 0.5) is 0 Å². The highest BCUT2D eigenvalue weighted by Crippen LogP contribution is 2.44. The van der Waals surface area contributed by atoms with Gasteiger partial charge in [0.1, 0.15) is 22.8 Å². The van der Waals surface area contributed by atoms with E-state index in [1.807, 2.05) is 32.9 Å². The van der Waals surface area contributed by atoms with Crippen LogP contribution >= 0.6 is 11.6 Å². The first kappa shape index (κ1) is 19.4. The van der Waals surface area contributed by atoms with Gasteiger partial charge in [-0.05, 0) is 37.8 Å². The first-order valence-electron chi connectivity index (χ1n) is 9.23. The van der Waals surface area contributed by atoms with E-state index in [0.717, 1.165) is 5.56 Å². The average molecular weight is 387 g/mol. The minimum atomic E-state index is -0.948. The third kappa shape index (κ3) is 2.83. The molecule has 0 radical (unpaired) electrons. The lowest BCUT2D eigenvalue weighted by Crippen LogP contribution is -2.41. The molecular weight excluding hydrogens is 364 g/mol. The number of halogens is 1. The number of rotatable bonds is 4. The van der Waals surface area contributed by atoms with Crippen molar-refractivity contribution in [2.75, 3.05) is 0 Å². The molecule has 0 amide bonds. The largest absolute Gasteiger partial charge is 0.507 e. The second-order valence-electron chi connectivity index (χ2n) is 6.94. The highest BCUT2D eigenvalue weighted by molar-refractivity contribution is 6.31. The van der Waals surface area contributed by atoms with Gasteiger partial charge in [0.2, 0.25) is 0 Å². The molecule has 4 nitrogen and oxygen atoms in total. The van der Waals surface area contributed by atoms with Crippen LogP contribution in [0.2, 0.25) is 5.02 Å². The van der Waals surface area contributed by atoms with E-state index in [2.05, 4.69) is 0 Å². The molecule has 0 aliphatic heterocycles. The molecule has 1 aromatic heterocycles. The van der Waals surface area contributed by atoms with Crippen molar-refractivity contribution in [3.8, 4) is 11.3 Å². The Bertz CT molecular complexity index is 1010. The van der Waals surface area contributed by atoms with E-state index in [9.17, 15) is 14.7 Å². The summed E-state index contributed by atoms with van der Waals surface area (Å²) in [5, 5.41) is 11.2. The maximum atomic E-state index is 13.2. The molecule has 1 aliphatic carbocycles. The predicted molar refractivity (Wildman–Crippen MR) is 107 cm³/mol. The molecule has 1 N–H and O–H groups in total. The number of hydrogen-bond donors (Lipinski definition) is 1. The topological polar surface area (TPSA) is 67.5 Å². The van der Waals surface area contributed by atoms with Crippen LogP contribution < -0.4 is 5.43 Å². The van der Waals surface area contributed by atoms with E-state index in [1.165, 1.54) is 6.07 Å². The Kier molecular flexibility index (Phi) is 5.04. The average Bonchev–Trinajstić information content (AvgIpc) is 2.65. The van der Waals surface area contributed by atoms with E-state index in [4.69, 9.17) is 16.0 Å². The molecule has 2 aromatic rings. The lowest BCUT2D eigenvalue weighted by Gasteiger charge is -2.35. The number of carbonyl (C=O) groups is 1. The van der Waals surface area contributed by atoms with Gasteiger partial charge in [0.05, 0.1) is 5.41 Å². The van der Waals surface area contributed by atoms with Crippen molar-refractivity contribution in [2.45, 2.75) is 52.4 Å². The van der Waals surface area contributed by atoms with Crippen LogP contribution in [0.5, 0.6) is 0 Å². The van der Waals surface area contributed by atoms with Crippen LogP contribution in [-0.2, 0) is 10.2 Å². The van der Waals surface area contributed by atoms with Crippen LogP contribution in [0.3, 0.4) is 0 Å². The summed E-state index contributed by atoms with van der Waals surface area (Å²) in [6, 6.07) is 6.76. The second kappa shape index (κ2) is 7.01. The van der Waals surface area contributed by atoms with Gasteiger partial charge in [-0.25, -0.2) is 0 Å². The van der Waals surface area contributed by atoms with Gasteiger partial charge in [0.25, 0.3) is 0 Å². The minimum Gasteiger partial charge on any atom is -0.507 e. The van der Waals surface area contributed by atoms with E-state index in [-0.39, 0.29) is 28.3 Å². The minimum absolute atomic E-state index is 0.108. The molecular formula is C22H23ClO4. The summed E-state index contributed by atoms with van der Waals surface area (Å²) in [5.41, 5.74) is 0.674. The smallest absolute Gasteiger partial charge is 0.196 e. The lowest BCUT2D eigenvalue weighted by atomic mass is 9.68. The van der Waals surface area contributed by atoms with Crippen molar-refractivity contribution in [3.63, 3.8) is 0 Å². The molecule has 0 fully saturated rings. The SMILES string of the molecule is CCC1=C(O)c2c(oc(-c3ccc(C)c(Cl)c3)cc2=O)C(CC)(CC)C1=O. The van der Waals surface area contributed by atoms with Gasteiger partial charge in [0.15, 0.2) is 11.2 Å². The molecule has 27 heavy (non-hydrogen) atoms.